The molecule has 2 amide bonds. The van der Waals surface area contributed by atoms with Crippen LogP contribution in [0.1, 0.15) is 42.8 Å². The number of alkyl halides is 1. The summed E-state index contributed by atoms with van der Waals surface area (Å²) >= 11 is 1.09. The Balaban J connectivity index is 1.52. The molecule has 1 saturated heterocycles. The predicted molar refractivity (Wildman–Crippen MR) is 137 cm³/mol. The number of likely N-dealkylation sites (tertiary alicyclic amines) is 1. The van der Waals surface area contributed by atoms with Gasteiger partial charge in [0.05, 0.1) is 0 Å². The molecule has 2 aromatic heterocycles. The molecule has 2 atom stereocenters. The number of halogens is 2. The fourth-order valence-corrected chi connectivity index (χ4v) is 5.46. The molecule has 0 unspecified atom stereocenters. The van der Waals surface area contributed by atoms with Gasteiger partial charge < -0.3 is 10.6 Å². The van der Waals surface area contributed by atoms with E-state index >= 15 is 4.39 Å². The molecule has 0 radical (unpaired) electrons. The Bertz CT molecular complexity index is 1140. The minimum atomic E-state index is -1.56. The van der Waals surface area contributed by atoms with Crippen LogP contribution in [-0.2, 0) is 12.0 Å². The van der Waals surface area contributed by atoms with Gasteiger partial charge in [-0.15, -0.1) is 11.3 Å². The molecule has 0 aliphatic carbocycles. The summed E-state index contributed by atoms with van der Waals surface area (Å²) in [5, 5.41) is 5.01. The number of thiophene rings is 1. The number of hydrogen-bond acceptors (Lipinski definition) is 4. The van der Waals surface area contributed by atoms with Gasteiger partial charge in [-0.2, -0.15) is 4.39 Å². The van der Waals surface area contributed by atoms with Crippen molar-refractivity contribution in [3.8, 4) is 0 Å². The lowest BCUT2D eigenvalue weighted by molar-refractivity contribution is 0.0595. The van der Waals surface area contributed by atoms with E-state index in [-0.39, 0.29) is 10.7 Å². The van der Waals surface area contributed by atoms with Gasteiger partial charge in [0.15, 0.2) is 11.4 Å². The Morgan fingerprint density at radius 2 is 1.97 bits per heavy atom. The fourth-order valence-electron chi connectivity index (χ4n) is 4.74. The van der Waals surface area contributed by atoms with Crippen LogP contribution in [0.15, 0.2) is 60.8 Å². The Kier molecular flexibility index (Phi) is 7.52. The monoisotopic (exact) mass is 498 g/mol. The van der Waals surface area contributed by atoms with Gasteiger partial charge in [-0.1, -0.05) is 24.3 Å². The molecule has 2 N–H and O–H groups in total. The van der Waals surface area contributed by atoms with Crippen molar-refractivity contribution in [2.75, 3.05) is 18.4 Å². The molecule has 0 spiro atoms. The lowest BCUT2D eigenvalue weighted by Crippen LogP contribution is -2.50. The van der Waals surface area contributed by atoms with Crippen LogP contribution in [0, 0.1) is 17.5 Å². The number of amides is 2. The number of aromatic nitrogens is 1. The van der Waals surface area contributed by atoms with Crippen LogP contribution >= 0.6 is 11.3 Å². The molecule has 186 valence electrons. The number of rotatable bonds is 8. The Morgan fingerprint density at radius 1 is 1.20 bits per heavy atom. The highest BCUT2D eigenvalue weighted by molar-refractivity contribution is 7.10. The fraction of sp³-hybridized carbons (Fsp3) is 0.407. The van der Waals surface area contributed by atoms with Crippen molar-refractivity contribution in [3.63, 3.8) is 0 Å². The zero-order valence-corrected chi connectivity index (χ0v) is 21.2. The van der Waals surface area contributed by atoms with E-state index in [0.717, 1.165) is 27.5 Å². The number of nitrogens with zero attached hydrogens (tertiary/aromatic N) is 2. The molecule has 4 rings (SSSR count). The average Bonchev–Trinajstić information content (AvgIpc) is 3.46. The summed E-state index contributed by atoms with van der Waals surface area (Å²) < 4.78 is 29.5. The topological polar surface area (TPSA) is 57.3 Å². The summed E-state index contributed by atoms with van der Waals surface area (Å²) in [6, 6.07) is 15.6. The summed E-state index contributed by atoms with van der Waals surface area (Å²) in [6.07, 6.45) is 1.95. The average molecular weight is 499 g/mol. The highest BCUT2D eigenvalue weighted by Crippen LogP contribution is 2.44. The van der Waals surface area contributed by atoms with Crippen molar-refractivity contribution in [2.24, 2.45) is 5.41 Å². The summed E-state index contributed by atoms with van der Waals surface area (Å²) in [5.74, 6) is 0. The van der Waals surface area contributed by atoms with Crippen LogP contribution in [0.3, 0.4) is 0 Å². The second-order valence-electron chi connectivity index (χ2n) is 9.81. The highest BCUT2D eigenvalue weighted by Gasteiger charge is 2.49. The third-order valence-electron chi connectivity index (χ3n) is 7.12. The van der Waals surface area contributed by atoms with E-state index in [1.54, 1.807) is 30.3 Å². The van der Waals surface area contributed by atoms with E-state index in [1.165, 1.54) is 6.07 Å². The second kappa shape index (κ2) is 10.4. The normalized spacial score (nSPS) is 19.5. The standard InChI is InChI=1S/C27H32F2N4OS/c1-19-9-10-20(17-30-19)26(2,3)33-16-15-27(18-33,14-13-22-11-12-23(28)35-22)24(29)32-25(34)31-21-7-5-4-6-8-21/h4-12,17,24H,13-16,18H2,1-3H3,(H2,31,32,34)/t24-,27-/m1/s1. The maximum atomic E-state index is 16.0. The maximum absolute atomic E-state index is 16.0. The molecule has 0 bridgehead atoms. The van der Waals surface area contributed by atoms with E-state index in [9.17, 15) is 9.18 Å². The zero-order chi connectivity index (χ0) is 25.1. The Labute approximate surface area is 209 Å². The minimum Gasteiger partial charge on any atom is -0.308 e. The lowest BCUT2D eigenvalue weighted by atomic mass is 9.80. The van der Waals surface area contributed by atoms with Gasteiger partial charge in [-0.3, -0.25) is 9.88 Å². The molecular weight excluding hydrogens is 466 g/mol. The van der Waals surface area contributed by atoms with E-state index < -0.39 is 17.7 Å². The highest BCUT2D eigenvalue weighted by atomic mass is 32.1. The van der Waals surface area contributed by atoms with Crippen molar-refractivity contribution >= 4 is 23.1 Å². The molecule has 1 aromatic carbocycles. The lowest BCUT2D eigenvalue weighted by Gasteiger charge is -2.39. The maximum Gasteiger partial charge on any atom is 0.321 e. The van der Waals surface area contributed by atoms with Crippen molar-refractivity contribution < 1.29 is 13.6 Å². The van der Waals surface area contributed by atoms with E-state index in [4.69, 9.17) is 0 Å². The molecular formula is C27H32F2N4OS. The van der Waals surface area contributed by atoms with Crippen LogP contribution in [0.2, 0.25) is 0 Å². The number of pyridine rings is 1. The van der Waals surface area contributed by atoms with Gasteiger partial charge in [0.25, 0.3) is 0 Å². The van der Waals surface area contributed by atoms with Gasteiger partial charge >= 0.3 is 6.03 Å². The first-order chi connectivity index (χ1) is 16.7. The third kappa shape index (κ3) is 5.87. The van der Waals surface area contributed by atoms with Crippen molar-refractivity contribution in [1.82, 2.24) is 15.2 Å². The molecule has 3 aromatic rings. The van der Waals surface area contributed by atoms with Crippen molar-refractivity contribution in [2.45, 2.75) is 51.9 Å². The van der Waals surface area contributed by atoms with E-state index in [2.05, 4.69) is 40.4 Å². The Hall–Kier alpha value is -2.84. The zero-order valence-electron chi connectivity index (χ0n) is 20.4. The quantitative estimate of drug-likeness (QED) is 0.360. The van der Waals surface area contributed by atoms with Gasteiger partial charge in [-0.25, -0.2) is 9.18 Å². The molecule has 1 aliphatic rings. The first-order valence-corrected chi connectivity index (χ1v) is 12.7. The van der Waals surface area contributed by atoms with Gasteiger partial charge in [0.1, 0.15) is 0 Å². The van der Waals surface area contributed by atoms with Crippen LogP contribution < -0.4 is 10.6 Å². The first-order valence-electron chi connectivity index (χ1n) is 11.9. The molecule has 35 heavy (non-hydrogen) atoms. The second-order valence-corrected chi connectivity index (χ2v) is 10.9. The number of carbonyl (C=O) groups excluding carboxylic acids is 1. The number of carbonyl (C=O) groups is 1. The summed E-state index contributed by atoms with van der Waals surface area (Å²) in [6.45, 7) is 7.33. The molecule has 1 fully saturated rings. The van der Waals surface area contributed by atoms with Crippen LogP contribution in [-0.4, -0.2) is 35.3 Å². The summed E-state index contributed by atoms with van der Waals surface area (Å²) in [7, 11) is 0. The molecule has 1 aliphatic heterocycles. The number of hydrogen-bond donors (Lipinski definition) is 2. The van der Waals surface area contributed by atoms with Crippen LogP contribution in [0.4, 0.5) is 19.3 Å². The molecule has 8 heteroatoms. The number of urea groups is 1. The van der Waals surface area contributed by atoms with E-state index in [1.807, 2.05) is 25.3 Å². The summed E-state index contributed by atoms with van der Waals surface area (Å²) in [5.41, 5.74) is 1.44. The predicted octanol–water partition coefficient (Wildman–Crippen LogP) is 6.27. The van der Waals surface area contributed by atoms with Gasteiger partial charge in [-0.05, 0) is 82.5 Å². The molecule has 3 heterocycles. The third-order valence-corrected chi connectivity index (χ3v) is 8.05. The number of benzene rings is 1. The molecule has 5 nitrogen and oxygen atoms in total. The number of aryl methyl sites for hydroxylation is 2. The smallest absolute Gasteiger partial charge is 0.308 e. The Morgan fingerprint density at radius 3 is 2.63 bits per heavy atom. The van der Waals surface area contributed by atoms with Crippen LogP contribution in [0.5, 0.6) is 0 Å². The van der Waals surface area contributed by atoms with E-state index in [0.29, 0.717) is 38.0 Å². The minimum absolute atomic E-state index is 0.243. The number of nitrogens with one attached hydrogen (secondary N) is 2. The van der Waals surface area contributed by atoms with Crippen molar-refractivity contribution in [3.05, 3.63) is 82.1 Å². The number of para-hydroxylation sites is 1. The molecule has 0 saturated carbocycles. The SMILES string of the molecule is Cc1ccc(C(C)(C)N2CC[C@@](CCc3ccc(F)s3)([C@H](F)NC(=O)Nc3ccccc3)C2)cn1. The van der Waals surface area contributed by atoms with Crippen LogP contribution in [0.25, 0.3) is 0 Å². The number of anilines is 1. The largest absolute Gasteiger partial charge is 0.321 e. The summed E-state index contributed by atoms with van der Waals surface area (Å²) in [4.78, 5) is 20.2. The first kappa shape index (κ1) is 25.3. The van der Waals surface area contributed by atoms with Gasteiger partial charge in [0.2, 0.25) is 0 Å². The van der Waals surface area contributed by atoms with Gasteiger partial charge in [0, 0.05) is 40.0 Å². The van der Waals surface area contributed by atoms with Crippen molar-refractivity contribution in [1.29, 1.82) is 0 Å².